The zero-order chi connectivity index (χ0) is 11.0. The van der Waals surface area contributed by atoms with Gasteiger partial charge in [-0.25, -0.2) is 0 Å². The van der Waals surface area contributed by atoms with E-state index in [1.807, 2.05) is 6.92 Å². The molecule has 0 rings (SSSR count). The highest BCUT2D eigenvalue weighted by molar-refractivity contribution is 5.71. The summed E-state index contributed by atoms with van der Waals surface area (Å²) < 4.78 is 4.96. The van der Waals surface area contributed by atoms with Crippen molar-refractivity contribution in [3.05, 3.63) is 0 Å². The van der Waals surface area contributed by atoms with E-state index in [0.29, 0.717) is 6.61 Å². The summed E-state index contributed by atoms with van der Waals surface area (Å²) in [5, 5.41) is 2.44. The van der Waals surface area contributed by atoms with Gasteiger partial charge in [0.2, 0.25) is 0 Å². The lowest BCUT2D eigenvalue weighted by molar-refractivity contribution is -0.145. The molecule has 0 atom stereocenters. The molecule has 0 saturated carbocycles. The molecule has 81 valence electrons. The van der Waals surface area contributed by atoms with Crippen molar-refractivity contribution >= 4 is 12.4 Å². The summed E-state index contributed by atoms with van der Waals surface area (Å²) in [5.41, 5.74) is -0.578. The summed E-state index contributed by atoms with van der Waals surface area (Å²) in [5.74, 6) is -0.286. The molecule has 0 aromatic heterocycles. The van der Waals surface area contributed by atoms with Gasteiger partial charge in [0.15, 0.2) is 0 Å². The zero-order valence-corrected chi connectivity index (χ0v) is 9.05. The fourth-order valence-corrected chi connectivity index (χ4v) is 0.925. The predicted octanol–water partition coefficient (Wildman–Crippen LogP) is 1.16. The van der Waals surface area contributed by atoms with Crippen LogP contribution in [0.25, 0.3) is 0 Å². The molecule has 0 heterocycles. The third kappa shape index (κ3) is 6.46. The summed E-state index contributed by atoms with van der Waals surface area (Å²) in [6.45, 7) is 5.98. The molecular formula is C10H18NO3. The Morgan fingerprint density at radius 2 is 2.14 bits per heavy atom. The van der Waals surface area contributed by atoms with Gasteiger partial charge in [0.1, 0.15) is 0 Å². The molecule has 0 aliphatic rings. The molecule has 14 heavy (non-hydrogen) atoms. The highest BCUT2D eigenvalue weighted by Gasteiger charge is 2.21. The molecule has 0 unspecified atom stereocenters. The van der Waals surface area contributed by atoms with Crippen LogP contribution >= 0.6 is 0 Å². The van der Waals surface area contributed by atoms with Crippen molar-refractivity contribution in [3.8, 4) is 0 Å². The molecule has 0 aromatic rings. The van der Waals surface area contributed by atoms with Gasteiger partial charge in [-0.05, 0) is 20.3 Å². The monoisotopic (exact) mass is 200 g/mol. The average Bonchev–Trinajstić information content (AvgIpc) is 2.03. The molecular weight excluding hydrogens is 182 g/mol. The molecule has 1 amide bonds. The van der Waals surface area contributed by atoms with Gasteiger partial charge in [-0.1, -0.05) is 13.3 Å². The Bertz CT molecular complexity index is 190. The van der Waals surface area contributed by atoms with Crippen LogP contribution in [0.2, 0.25) is 0 Å². The van der Waals surface area contributed by atoms with Gasteiger partial charge in [-0.2, -0.15) is 0 Å². The number of amides is 1. The van der Waals surface area contributed by atoms with E-state index >= 15 is 0 Å². The lowest BCUT2D eigenvalue weighted by atomic mass is 10.0. The van der Waals surface area contributed by atoms with Crippen molar-refractivity contribution in [1.29, 1.82) is 0 Å². The van der Waals surface area contributed by atoms with Crippen LogP contribution < -0.4 is 5.32 Å². The van der Waals surface area contributed by atoms with Gasteiger partial charge in [0.25, 0.3) is 0 Å². The summed E-state index contributed by atoms with van der Waals surface area (Å²) in [6.07, 6.45) is 3.62. The van der Waals surface area contributed by atoms with Crippen LogP contribution in [0, 0.1) is 0 Å². The fourth-order valence-electron chi connectivity index (χ4n) is 0.925. The van der Waals surface area contributed by atoms with Gasteiger partial charge in [0.05, 0.1) is 13.0 Å². The van der Waals surface area contributed by atoms with Crippen LogP contribution in [0.5, 0.6) is 0 Å². The zero-order valence-electron chi connectivity index (χ0n) is 9.05. The number of hydrogen-bond donors (Lipinski definition) is 1. The third-order valence-corrected chi connectivity index (χ3v) is 1.74. The normalized spacial score (nSPS) is 10.8. The Kier molecular flexibility index (Phi) is 5.92. The number of esters is 1. The highest BCUT2D eigenvalue weighted by atomic mass is 16.5. The maximum Gasteiger partial charge on any atom is 0.309 e. The van der Waals surface area contributed by atoms with Gasteiger partial charge in [0, 0.05) is 5.54 Å². The van der Waals surface area contributed by atoms with E-state index in [9.17, 15) is 9.59 Å². The second kappa shape index (κ2) is 6.40. The van der Waals surface area contributed by atoms with Crippen LogP contribution in [0.1, 0.15) is 40.0 Å². The molecule has 0 bridgehead atoms. The molecule has 1 N–H and O–H groups in total. The van der Waals surface area contributed by atoms with E-state index in [0.717, 1.165) is 12.8 Å². The van der Waals surface area contributed by atoms with Gasteiger partial charge in [-0.15, -0.1) is 0 Å². The van der Waals surface area contributed by atoms with Gasteiger partial charge < -0.3 is 10.1 Å². The van der Waals surface area contributed by atoms with Crippen molar-refractivity contribution in [2.45, 2.75) is 45.6 Å². The molecule has 0 fully saturated rings. The largest absolute Gasteiger partial charge is 0.466 e. The summed E-state index contributed by atoms with van der Waals surface area (Å²) in [7, 11) is 0. The molecule has 0 aliphatic heterocycles. The molecule has 1 radical (unpaired) electrons. The van der Waals surface area contributed by atoms with Crippen LogP contribution in [0.4, 0.5) is 0 Å². The summed E-state index contributed by atoms with van der Waals surface area (Å²) >= 11 is 0. The number of carbonyl (C=O) groups excluding carboxylic acids is 2. The molecule has 0 saturated heterocycles. The Labute approximate surface area is 85.0 Å². The first kappa shape index (κ1) is 12.9. The van der Waals surface area contributed by atoms with Crippen molar-refractivity contribution in [1.82, 2.24) is 5.32 Å². The Hall–Kier alpha value is -1.06. The first-order valence-corrected chi connectivity index (χ1v) is 4.82. The molecule has 0 aromatic carbocycles. The second-order valence-corrected chi connectivity index (χ2v) is 3.86. The summed E-state index contributed by atoms with van der Waals surface area (Å²) in [4.78, 5) is 21.3. The van der Waals surface area contributed by atoms with E-state index in [4.69, 9.17) is 4.74 Å². The number of ether oxygens (including phenoxy) is 1. The number of carbonyl (C=O) groups is 1. The quantitative estimate of drug-likeness (QED) is 0.381. The number of nitrogens with one attached hydrogen (secondary N) is 1. The molecule has 4 heteroatoms. The lowest BCUT2D eigenvalue weighted by Crippen LogP contribution is -2.40. The number of unbranched alkanes of at least 4 members (excludes halogenated alkanes) is 1. The van der Waals surface area contributed by atoms with E-state index in [-0.39, 0.29) is 12.4 Å². The second-order valence-electron chi connectivity index (χ2n) is 3.86. The van der Waals surface area contributed by atoms with Crippen molar-refractivity contribution in [2.24, 2.45) is 0 Å². The maximum absolute atomic E-state index is 11.2. The molecule has 4 nitrogen and oxygen atoms in total. The van der Waals surface area contributed by atoms with Crippen molar-refractivity contribution < 1.29 is 14.3 Å². The average molecular weight is 200 g/mol. The number of rotatable bonds is 7. The molecule has 0 spiro atoms. The topological polar surface area (TPSA) is 55.4 Å². The lowest BCUT2D eigenvalue weighted by Gasteiger charge is -2.21. The fraction of sp³-hybridized carbons (Fsp3) is 0.800. The van der Waals surface area contributed by atoms with Crippen LogP contribution in [-0.2, 0) is 14.3 Å². The minimum absolute atomic E-state index is 0.173. The Balaban J connectivity index is 3.75. The van der Waals surface area contributed by atoms with E-state index < -0.39 is 5.54 Å². The number of hydrogen-bond acceptors (Lipinski definition) is 3. The SMILES string of the molecule is CCCCOC(=O)CC(C)(C)N[C]=O. The first-order valence-electron chi connectivity index (χ1n) is 4.82. The van der Waals surface area contributed by atoms with Crippen LogP contribution in [-0.4, -0.2) is 24.5 Å². The van der Waals surface area contributed by atoms with E-state index in [1.54, 1.807) is 20.3 Å². The van der Waals surface area contributed by atoms with E-state index in [1.165, 1.54) is 0 Å². The minimum Gasteiger partial charge on any atom is -0.466 e. The van der Waals surface area contributed by atoms with Crippen LogP contribution in [0.3, 0.4) is 0 Å². The first-order chi connectivity index (χ1) is 6.52. The van der Waals surface area contributed by atoms with E-state index in [2.05, 4.69) is 5.32 Å². The van der Waals surface area contributed by atoms with Crippen molar-refractivity contribution in [3.63, 3.8) is 0 Å². The van der Waals surface area contributed by atoms with Gasteiger partial charge in [-0.3, -0.25) is 9.59 Å². The molecule has 0 aliphatic carbocycles. The van der Waals surface area contributed by atoms with Crippen LogP contribution in [0.15, 0.2) is 0 Å². The Morgan fingerprint density at radius 3 is 2.64 bits per heavy atom. The van der Waals surface area contributed by atoms with Gasteiger partial charge >= 0.3 is 12.4 Å². The highest BCUT2D eigenvalue weighted by Crippen LogP contribution is 2.08. The standard InChI is InChI=1S/C10H18NO3/c1-4-5-6-14-9(13)7-10(2,3)11-8-12/h4-7H2,1-3H3,(H,11,12). The minimum atomic E-state index is -0.578. The predicted molar refractivity (Wildman–Crippen MR) is 53.4 cm³/mol. The van der Waals surface area contributed by atoms with Crippen molar-refractivity contribution in [2.75, 3.05) is 6.61 Å². The smallest absolute Gasteiger partial charge is 0.309 e. The summed E-state index contributed by atoms with van der Waals surface area (Å²) in [6, 6.07) is 0. The maximum atomic E-state index is 11.2. The third-order valence-electron chi connectivity index (χ3n) is 1.74. The Morgan fingerprint density at radius 1 is 1.50 bits per heavy atom.